The molecule has 0 aromatic carbocycles. The number of hydrogen-bond donors (Lipinski definition) is 2. The van der Waals surface area contributed by atoms with Crippen LogP contribution in [-0.4, -0.2) is 22.2 Å². The normalized spacial score (nSPS) is 11.4. The van der Waals surface area contributed by atoms with Gasteiger partial charge in [-0.1, -0.05) is 6.07 Å². The molecule has 0 spiro atoms. The van der Waals surface area contributed by atoms with Gasteiger partial charge < -0.3 is 10.4 Å². The molecular weight excluding hydrogens is 232 g/mol. The summed E-state index contributed by atoms with van der Waals surface area (Å²) in [6, 6.07) is 5.62. The zero-order valence-corrected chi connectivity index (χ0v) is 9.30. The third-order valence-electron chi connectivity index (χ3n) is 1.58. The molecule has 2 N–H and O–H groups in total. The highest BCUT2D eigenvalue weighted by Crippen LogP contribution is 2.14. The van der Waals surface area contributed by atoms with Crippen LogP contribution in [0.15, 0.2) is 22.8 Å². The Morgan fingerprint density at radius 3 is 2.77 bits per heavy atom. The maximum atomic E-state index is 9.02. The molecule has 4 heteroatoms. The molecular formula is C9H13BrN2O. The van der Waals surface area contributed by atoms with Crippen LogP contribution in [0, 0.1) is 0 Å². The number of nitrogens with one attached hydrogen (secondary N) is 1. The van der Waals surface area contributed by atoms with E-state index in [9.17, 15) is 0 Å². The molecule has 0 bridgehead atoms. The van der Waals surface area contributed by atoms with Crippen LogP contribution in [-0.2, 0) is 0 Å². The predicted octanol–water partition coefficient (Wildman–Crippen LogP) is 2.03. The number of aliphatic hydroxyl groups excluding tert-OH is 1. The van der Waals surface area contributed by atoms with Gasteiger partial charge in [0.05, 0.1) is 12.1 Å². The molecule has 0 amide bonds. The molecule has 1 aromatic rings. The second-order valence-corrected chi connectivity index (χ2v) is 4.33. The van der Waals surface area contributed by atoms with Gasteiger partial charge in [-0.3, -0.25) is 0 Å². The highest BCUT2D eigenvalue weighted by Gasteiger charge is 2.15. The molecule has 72 valence electrons. The zero-order chi connectivity index (χ0) is 9.90. The van der Waals surface area contributed by atoms with Crippen molar-refractivity contribution < 1.29 is 5.11 Å². The van der Waals surface area contributed by atoms with Gasteiger partial charge in [-0.25, -0.2) is 4.98 Å². The van der Waals surface area contributed by atoms with Gasteiger partial charge in [-0.15, -0.1) is 0 Å². The van der Waals surface area contributed by atoms with Crippen molar-refractivity contribution in [2.45, 2.75) is 19.4 Å². The third-order valence-corrected chi connectivity index (χ3v) is 2.02. The highest BCUT2D eigenvalue weighted by molar-refractivity contribution is 9.10. The van der Waals surface area contributed by atoms with Gasteiger partial charge in [0.15, 0.2) is 0 Å². The van der Waals surface area contributed by atoms with Crippen molar-refractivity contribution in [1.82, 2.24) is 4.98 Å². The van der Waals surface area contributed by atoms with Gasteiger partial charge in [0.25, 0.3) is 0 Å². The number of nitrogens with zero attached hydrogens (tertiary/aromatic N) is 1. The fraction of sp³-hybridized carbons (Fsp3) is 0.444. The lowest BCUT2D eigenvalue weighted by atomic mass is 10.1. The molecule has 13 heavy (non-hydrogen) atoms. The van der Waals surface area contributed by atoms with Gasteiger partial charge in [0.1, 0.15) is 10.4 Å². The molecule has 0 radical (unpaired) electrons. The quantitative estimate of drug-likeness (QED) is 0.801. The minimum absolute atomic E-state index is 0.0706. The Hall–Kier alpha value is -0.610. The van der Waals surface area contributed by atoms with Crippen LogP contribution in [0.3, 0.4) is 0 Å². The molecule has 1 aromatic heterocycles. The summed E-state index contributed by atoms with van der Waals surface area (Å²) < 4.78 is 0.784. The number of rotatable bonds is 3. The van der Waals surface area contributed by atoms with Gasteiger partial charge >= 0.3 is 0 Å². The Balaban J connectivity index is 2.74. The molecule has 0 aliphatic rings. The smallest absolute Gasteiger partial charge is 0.127 e. The molecule has 0 aliphatic carbocycles. The summed E-state index contributed by atoms with van der Waals surface area (Å²) in [6.07, 6.45) is 0. The van der Waals surface area contributed by atoms with Crippen LogP contribution in [0.5, 0.6) is 0 Å². The Labute approximate surface area is 86.3 Å². The van der Waals surface area contributed by atoms with E-state index < -0.39 is 0 Å². The van der Waals surface area contributed by atoms with E-state index in [1.807, 2.05) is 32.0 Å². The first kappa shape index (κ1) is 10.5. The van der Waals surface area contributed by atoms with Crippen molar-refractivity contribution >= 4 is 21.7 Å². The lowest BCUT2D eigenvalue weighted by molar-refractivity contribution is 0.234. The average Bonchev–Trinajstić information content (AvgIpc) is 2.03. The van der Waals surface area contributed by atoms with Crippen LogP contribution in [0.1, 0.15) is 13.8 Å². The van der Waals surface area contributed by atoms with E-state index in [0.717, 1.165) is 10.4 Å². The standard InChI is InChI=1S/C9H13BrN2O/c1-9(2,6-13)12-8-5-3-4-7(10)11-8/h3-5,13H,6H2,1-2H3,(H,11,12). The van der Waals surface area contributed by atoms with Crippen molar-refractivity contribution in [3.05, 3.63) is 22.8 Å². The summed E-state index contributed by atoms with van der Waals surface area (Å²) in [5.74, 6) is 0.758. The first-order valence-electron chi connectivity index (χ1n) is 4.05. The number of aromatic nitrogens is 1. The van der Waals surface area contributed by atoms with E-state index in [2.05, 4.69) is 26.2 Å². The molecule has 0 saturated heterocycles. The van der Waals surface area contributed by atoms with E-state index in [1.54, 1.807) is 0 Å². The van der Waals surface area contributed by atoms with Gasteiger partial charge in [-0.05, 0) is 41.9 Å². The van der Waals surface area contributed by atoms with Crippen molar-refractivity contribution in [3.63, 3.8) is 0 Å². The number of halogens is 1. The van der Waals surface area contributed by atoms with E-state index in [1.165, 1.54) is 0 Å². The van der Waals surface area contributed by atoms with E-state index in [-0.39, 0.29) is 12.1 Å². The van der Waals surface area contributed by atoms with E-state index in [0.29, 0.717) is 0 Å². The second-order valence-electron chi connectivity index (χ2n) is 3.51. The average molecular weight is 245 g/mol. The highest BCUT2D eigenvalue weighted by atomic mass is 79.9. The monoisotopic (exact) mass is 244 g/mol. The van der Waals surface area contributed by atoms with Crippen molar-refractivity contribution in [3.8, 4) is 0 Å². The number of anilines is 1. The number of pyridine rings is 1. The summed E-state index contributed by atoms with van der Waals surface area (Å²) in [4.78, 5) is 4.20. The Bertz CT molecular complexity index is 289. The van der Waals surface area contributed by atoms with Gasteiger partial charge in [-0.2, -0.15) is 0 Å². The van der Waals surface area contributed by atoms with Crippen molar-refractivity contribution in [2.75, 3.05) is 11.9 Å². The molecule has 0 unspecified atom stereocenters. The molecule has 0 aliphatic heterocycles. The fourth-order valence-electron chi connectivity index (χ4n) is 0.864. The molecule has 3 nitrogen and oxygen atoms in total. The third kappa shape index (κ3) is 3.32. The Kier molecular flexibility index (Phi) is 3.27. The van der Waals surface area contributed by atoms with Gasteiger partial charge in [0, 0.05) is 0 Å². The number of aliphatic hydroxyl groups is 1. The molecule has 1 rings (SSSR count). The maximum absolute atomic E-state index is 9.02. The van der Waals surface area contributed by atoms with Crippen LogP contribution >= 0.6 is 15.9 Å². The minimum atomic E-state index is -0.339. The summed E-state index contributed by atoms with van der Waals surface area (Å²) in [5, 5.41) is 12.1. The molecule has 0 fully saturated rings. The summed E-state index contributed by atoms with van der Waals surface area (Å²) in [6.45, 7) is 3.90. The molecule has 1 heterocycles. The first-order valence-corrected chi connectivity index (χ1v) is 4.84. The number of hydrogen-bond acceptors (Lipinski definition) is 3. The lowest BCUT2D eigenvalue weighted by Gasteiger charge is -2.24. The summed E-state index contributed by atoms with van der Waals surface area (Å²) in [7, 11) is 0. The van der Waals surface area contributed by atoms with Crippen LogP contribution in [0.25, 0.3) is 0 Å². The zero-order valence-electron chi connectivity index (χ0n) is 7.71. The fourth-order valence-corrected chi connectivity index (χ4v) is 1.21. The maximum Gasteiger partial charge on any atom is 0.127 e. The second kappa shape index (κ2) is 4.07. The largest absolute Gasteiger partial charge is 0.394 e. The van der Waals surface area contributed by atoms with Crippen LogP contribution < -0.4 is 5.32 Å². The summed E-state index contributed by atoms with van der Waals surface area (Å²) in [5.41, 5.74) is -0.339. The summed E-state index contributed by atoms with van der Waals surface area (Å²) >= 11 is 3.28. The topological polar surface area (TPSA) is 45.1 Å². The van der Waals surface area contributed by atoms with E-state index in [4.69, 9.17) is 5.11 Å². The molecule has 0 atom stereocenters. The van der Waals surface area contributed by atoms with Crippen LogP contribution in [0.2, 0.25) is 0 Å². The SMILES string of the molecule is CC(C)(CO)Nc1cccc(Br)n1. The molecule has 0 saturated carbocycles. The van der Waals surface area contributed by atoms with Gasteiger partial charge in [0.2, 0.25) is 0 Å². The Morgan fingerprint density at radius 2 is 2.23 bits per heavy atom. The Morgan fingerprint density at radius 1 is 1.54 bits per heavy atom. The minimum Gasteiger partial charge on any atom is -0.394 e. The van der Waals surface area contributed by atoms with Crippen LogP contribution in [0.4, 0.5) is 5.82 Å². The lowest BCUT2D eigenvalue weighted by Crippen LogP contribution is -2.35. The van der Waals surface area contributed by atoms with Crippen molar-refractivity contribution in [1.29, 1.82) is 0 Å². The van der Waals surface area contributed by atoms with Crippen molar-refractivity contribution in [2.24, 2.45) is 0 Å². The van der Waals surface area contributed by atoms with E-state index >= 15 is 0 Å². The predicted molar refractivity (Wildman–Crippen MR) is 56.7 cm³/mol. The first-order chi connectivity index (χ1) is 6.03.